The van der Waals surface area contributed by atoms with E-state index in [1.54, 1.807) is 12.1 Å². The molecule has 1 saturated carbocycles. The Bertz CT molecular complexity index is 406. The summed E-state index contributed by atoms with van der Waals surface area (Å²) in [7, 11) is 0. The second-order valence-electron chi connectivity index (χ2n) is 5.84. The largest absolute Gasteiger partial charge is 0.327 e. The van der Waals surface area contributed by atoms with Crippen molar-refractivity contribution in [3.05, 3.63) is 34.6 Å². The van der Waals surface area contributed by atoms with Crippen molar-refractivity contribution in [2.75, 3.05) is 0 Å². The van der Waals surface area contributed by atoms with Crippen molar-refractivity contribution in [2.45, 2.75) is 51.0 Å². The van der Waals surface area contributed by atoms with Crippen LogP contribution in [0.2, 0.25) is 5.02 Å². The van der Waals surface area contributed by atoms with Gasteiger partial charge in [0.25, 0.3) is 0 Å². The summed E-state index contributed by atoms with van der Waals surface area (Å²) in [4.78, 5) is 0. The van der Waals surface area contributed by atoms with Crippen LogP contribution in [0, 0.1) is 11.7 Å². The maximum absolute atomic E-state index is 14.1. The summed E-state index contributed by atoms with van der Waals surface area (Å²) in [6, 6.07) is 4.90. The molecule has 1 nitrogen and oxygen atoms in total. The van der Waals surface area contributed by atoms with Gasteiger partial charge in [-0.1, -0.05) is 37.9 Å². The van der Waals surface area contributed by atoms with Gasteiger partial charge in [0.05, 0.1) is 0 Å². The lowest BCUT2D eigenvalue weighted by atomic mass is 9.59. The molecule has 2 rings (SSSR count). The molecule has 0 aromatic heterocycles. The predicted octanol–water partition coefficient (Wildman–Crippen LogP) is 4.27. The Kier molecular flexibility index (Phi) is 3.98. The summed E-state index contributed by atoms with van der Waals surface area (Å²) in [5.74, 6) is 0.310. The van der Waals surface area contributed by atoms with E-state index >= 15 is 0 Å². The number of rotatable bonds is 4. The summed E-state index contributed by atoms with van der Waals surface area (Å²) in [5.41, 5.74) is 6.76. The molecule has 0 heterocycles. The fourth-order valence-electron chi connectivity index (χ4n) is 3.07. The van der Waals surface area contributed by atoms with Gasteiger partial charge in [-0.2, -0.15) is 0 Å². The van der Waals surface area contributed by atoms with Crippen LogP contribution in [0.25, 0.3) is 0 Å². The third-order valence-electron chi connectivity index (χ3n) is 4.14. The molecule has 0 amide bonds. The lowest BCUT2D eigenvalue weighted by Crippen LogP contribution is -2.51. The summed E-state index contributed by atoms with van der Waals surface area (Å²) in [6.07, 6.45) is 3.91. The fourth-order valence-corrected chi connectivity index (χ4v) is 3.42. The lowest BCUT2D eigenvalue weighted by Gasteiger charge is -2.48. The van der Waals surface area contributed by atoms with E-state index in [0.717, 1.165) is 25.7 Å². The Morgan fingerprint density at radius 1 is 1.39 bits per heavy atom. The molecule has 0 spiro atoms. The molecule has 1 aromatic carbocycles. The highest BCUT2D eigenvalue weighted by Gasteiger charge is 2.46. The fraction of sp³-hybridized carbons (Fsp3) is 0.600. The van der Waals surface area contributed by atoms with E-state index in [1.165, 1.54) is 6.07 Å². The average Bonchev–Trinajstić information content (AvgIpc) is 2.19. The number of benzene rings is 1. The maximum atomic E-state index is 14.1. The maximum Gasteiger partial charge on any atom is 0.128 e. The molecule has 100 valence electrons. The number of hydrogen-bond acceptors (Lipinski definition) is 1. The number of hydrogen-bond donors (Lipinski definition) is 1. The standard InChI is InChI=1S/C15H21ClFN/c1-10(2)9-13(18)15(7-4-8-15)14-11(16)5-3-6-12(14)17/h3,5-6,10,13H,4,7-9,18H2,1-2H3. The van der Waals surface area contributed by atoms with E-state index in [4.69, 9.17) is 17.3 Å². The smallest absolute Gasteiger partial charge is 0.128 e. The molecule has 0 radical (unpaired) electrons. The summed E-state index contributed by atoms with van der Waals surface area (Å²) >= 11 is 6.21. The molecular formula is C15H21ClFN. The zero-order chi connectivity index (χ0) is 13.3. The SMILES string of the molecule is CC(C)CC(N)C1(c2c(F)cccc2Cl)CCC1. The van der Waals surface area contributed by atoms with Crippen molar-refractivity contribution in [1.29, 1.82) is 0 Å². The van der Waals surface area contributed by atoms with Crippen molar-refractivity contribution in [2.24, 2.45) is 11.7 Å². The molecule has 1 aliphatic carbocycles. The van der Waals surface area contributed by atoms with E-state index in [2.05, 4.69) is 13.8 Å². The summed E-state index contributed by atoms with van der Waals surface area (Å²) in [6.45, 7) is 4.30. The Morgan fingerprint density at radius 3 is 2.50 bits per heavy atom. The summed E-state index contributed by atoms with van der Waals surface area (Å²) < 4.78 is 14.1. The lowest BCUT2D eigenvalue weighted by molar-refractivity contribution is 0.173. The highest BCUT2D eigenvalue weighted by atomic mass is 35.5. The van der Waals surface area contributed by atoms with Crippen molar-refractivity contribution < 1.29 is 4.39 Å². The van der Waals surface area contributed by atoms with E-state index in [9.17, 15) is 4.39 Å². The van der Waals surface area contributed by atoms with Gasteiger partial charge in [0.15, 0.2) is 0 Å². The van der Waals surface area contributed by atoms with Gasteiger partial charge in [-0.25, -0.2) is 4.39 Å². The van der Waals surface area contributed by atoms with Crippen molar-refractivity contribution in [3.8, 4) is 0 Å². The zero-order valence-electron chi connectivity index (χ0n) is 11.0. The molecule has 2 N–H and O–H groups in total. The van der Waals surface area contributed by atoms with E-state index in [-0.39, 0.29) is 17.3 Å². The van der Waals surface area contributed by atoms with Crippen LogP contribution >= 0.6 is 11.6 Å². The van der Waals surface area contributed by atoms with Gasteiger partial charge in [-0.15, -0.1) is 0 Å². The monoisotopic (exact) mass is 269 g/mol. The minimum absolute atomic E-state index is 0.0133. The second-order valence-corrected chi connectivity index (χ2v) is 6.25. The number of halogens is 2. The molecule has 3 heteroatoms. The highest BCUT2D eigenvalue weighted by molar-refractivity contribution is 6.31. The third kappa shape index (κ3) is 2.28. The molecule has 0 saturated heterocycles. The van der Waals surface area contributed by atoms with Gasteiger partial charge in [-0.05, 0) is 37.3 Å². The number of nitrogens with two attached hydrogens (primary N) is 1. The first-order chi connectivity index (χ1) is 8.47. The molecular weight excluding hydrogens is 249 g/mol. The first-order valence-corrected chi connectivity index (χ1v) is 7.05. The molecule has 18 heavy (non-hydrogen) atoms. The Hall–Kier alpha value is -0.600. The van der Waals surface area contributed by atoms with Crippen LogP contribution in [0.4, 0.5) is 4.39 Å². The minimum Gasteiger partial charge on any atom is -0.327 e. The van der Waals surface area contributed by atoms with Crippen LogP contribution in [-0.2, 0) is 5.41 Å². The van der Waals surface area contributed by atoms with Gasteiger partial charge in [0.1, 0.15) is 5.82 Å². The zero-order valence-corrected chi connectivity index (χ0v) is 11.8. The van der Waals surface area contributed by atoms with Crippen LogP contribution in [0.15, 0.2) is 18.2 Å². The normalized spacial score (nSPS) is 19.7. The van der Waals surface area contributed by atoms with Gasteiger partial charge in [0, 0.05) is 22.0 Å². The second kappa shape index (κ2) is 5.18. The van der Waals surface area contributed by atoms with E-state index in [0.29, 0.717) is 16.5 Å². The molecule has 1 atom stereocenters. The Balaban J connectivity index is 2.38. The highest BCUT2D eigenvalue weighted by Crippen LogP contribution is 2.50. The van der Waals surface area contributed by atoms with Crippen molar-refractivity contribution >= 4 is 11.6 Å². The third-order valence-corrected chi connectivity index (χ3v) is 4.46. The van der Waals surface area contributed by atoms with Gasteiger partial charge < -0.3 is 5.73 Å². The van der Waals surface area contributed by atoms with Crippen LogP contribution < -0.4 is 5.73 Å². The van der Waals surface area contributed by atoms with Gasteiger partial charge in [-0.3, -0.25) is 0 Å². The Morgan fingerprint density at radius 2 is 2.06 bits per heavy atom. The summed E-state index contributed by atoms with van der Waals surface area (Å²) in [5, 5.41) is 0.522. The Labute approximate surface area is 114 Å². The van der Waals surface area contributed by atoms with Gasteiger partial charge in [0.2, 0.25) is 0 Å². The molecule has 0 bridgehead atoms. The minimum atomic E-state index is -0.243. The van der Waals surface area contributed by atoms with E-state index < -0.39 is 0 Å². The average molecular weight is 270 g/mol. The quantitative estimate of drug-likeness (QED) is 0.868. The van der Waals surface area contributed by atoms with Gasteiger partial charge >= 0.3 is 0 Å². The van der Waals surface area contributed by atoms with Crippen molar-refractivity contribution in [1.82, 2.24) is 0 Å². The molecule has 1 unspecified atom stereocenters. The predicted molar refractivity (Wildman–Crippen MR) is 74.4 cm³/mol. The topological polar surface area (TPSA) is 26.0 Å². The first kappa shape index (κ1) is 13.8. The molecule has 1 fully saturated rings. The van der Waals surface area contributed by atoms with Crippen LogP contribution in [0.5, 0.6) is 0 Å². The van der Waals surface area contributed by atoms with E-state index in [1.807, 2.05) is 0 Å². The molecule has 1 aliphatic rings. The first-order valence-electron chi connectivity index (χ1n) is 6.67. The van der Waals surface area contributed by atoms with Crippen LogP contribution in [-0.4, -0.2) is 6.04 Å². The molecule has 0 aliphatic heterocycles. The van der Waals surface area contributed by atoms with Crippen LogP contribution in [0.3, 0.4) is 0 Å². The van der Waals surface area contributed by atoms with Crippen molar-refractivity contribution in [3.63, 3.8) is 0 Å². The van der Waals surface area contributed by atoms with Crippen LogP contribution in [0.1, 0.15) is 45.1 Å². The molecule has 1 aromatic rings.